The fourth-order valence-corrected chi connectivity index (χ4v) is 4.01. The van der Waals surface area contributed by atoms with Gasteiger partial charge in [-0.05, 0) is 43.3 Å². The summed E-state index contributed by atoms with van der Waals surface area (Å²) < 4.78 is 31.7. The first-order chi connectivity index (χ1) is 13.0. The van der Waals surface area contributed by atoms with Gasteiger partial charge in [0.05, 0.1) is 28.7 Å². The van der Waals surface area contributed by atoms with Gasteiger partial charge in [0, 0.05) is 0 Å². The van der Waals surface area contributed by atoms with Crippen LogP contribution in [0.4, 0.5) is 5.82 Å². The molecule has 7 heteroatoms. The fourth-order valence-electron chi connectivity index (χ4n) is 2.70. The lowest BCUT2D eigenvalue weighted by molar-refractivity contribution is 0.517. The molecule has 4 rings (SSSR count). The lowest BCUT2D eigenvalue weighted by atomic mass is 10.2. The Morgan fingerprint density at radius 1 is 0.926 bits per heavy atom. The zero-order valence-corrected chi connectivity index (χ0v) is 15.4. The van der Waals surface area contributed by atoms with Crippen molar-refractivity contribution < 1.29 is 12.8 Å². The van der Waals surface area contributed by atoms with Gasteiger partial charge in [-0.25, -0.2) is 18.4 Å². The Morgan fingerprint density at radius 3 is 2.30 bits per heavy atom. The number of aromatic nitrogens is 2. The largest absolute Gasteiger partial charge is 0.467 e. The van der Waals surface area contributed by atoms with Gasteiger partial charge in [-0.2, -0.15) is 0 Å². The minimum absolute atomic E-state index is 0.100. The minimum Gasteiger partial charge on any atom is -0.467 e. The first-order valence-electron chi connectivity index (χ1n) is 8.39. The molecular formula is C20H17N3O3S. The highest BCUT2D eigenvalue weighted by atomic mass is 32.2. The van der Waals surface area contributed by atoms with E-state index in [4.69, 9.17) is 4.42 Å². The third-order valence-electron chi connectivity index (χ3n) is 4.13. The molecule has 6 nitrogen and oxygen atoms in total. The highest BCUT2D eigenvalue weighted by Crippen LogP contribution is 2.27. The Hall–Kier alpha value is -3.19. The second-order valence-corrected chi connectivity index (χ2v) is 7.98. The third kappa shape index (κ3) is 3.41. The number of hydrogen-bond acceptors (Lipinski definition) is 6. The maximum atomic E-state index is 13.2. The predicted octanol–water partition coefficient (Wildman–Crippen LogP) is 3.98. The van der Waals surface area contributed by atoms with Crippen molar-refractivity contribution in [3.63, 3.8) is 0 Å². The Morgan fingerprint density at radius 2 is 1.63 bits per heavy atom. The number of hydrogen-bond donors (Lipinski definition) is 1. The van der Waals surface area contributed by atoms with E-state index in [1.807, 2.05) is 13.0 Å². The first kappa shape index (κ1) is 17.2. The SMILES string of the molecule is Cc1ccc(S(=O)(=O)c2nc3ccccc3nc2NCc2ccco2)cc1. The normalized spacial score (nSPS) is 11.6. The van der Waals surface area contributed by atoms with Gasteiger partial charge in [0.2, 0.25) is 14.9 Å². The molecule has 0 aliphatic heterocycles. The maximum Gasteiger partial charge on any atom is 0.227 e. The molecule has 0 unspecified atom stereocenters. The van der Waals surface area contributed by atoms with Gasteiger partial charge in [0.25, 0.3) is 0 Å². The van der Waals surface area contributed by atoms with Crippen molar-refractivity contribution in [2.45, 2.75) is 23.4 Å². The summed E-state index contributed by atoms with van der Waals surface area (Å²) in [6, 6.07) is 17.4. The van der Waals surface area contributed by atoms with Gasteiger partial charge in [-0.1, -0.05) is 29.8 Å². The van der Waals surface area contributed by atoms with E-state index in [2.05, 4.69) is 15.3 Å². The standard InChI is InChI=1S/C20H17N3O3S/c1-14-8-10-16(11-9-14)27(24,25)20-19(21-13-15-5-4-12-26-15)22-17-6-2-3-7-18(17)23-20/h2-12H,13H2,1H3,(H,21,22). The second-order valence-electron chi connectivity index (χ2n) is 6.12. The molecule has 0 aliphatic carbocycles. The van der Waals surface area contributed by atoms with Crippen molar-refractivity contribution in [1.29, 1.82) is 0 Å². The van der Waals surface area contributed by atoms with Crippen LogP contribution in [0.1, 0.15) is 11.3 Å². The van der Waals surface area contributed by atoms with Crippen LogP contribution in [-0.4, -0.2) is 18.4 Å². The number of anilines is 1. The molecule has 27 heavy (non-hydrogen) atoms. The quantitative estimate of drug-likeness (QED) is 0.565. The Bertz CT molecular complexity index is 1190. The topological polar surface area (TPSA) is 85.1 Å². The molecule has 2 heterocycles. The summed E-state index contributed by atoms with van der Waals surface area (Å²) in [5, 5.41) is 2.95. The molecule has 0 saturated heterocycles. The second kappa shape index (κ2) is 6.85. The lowest BCUT2D eigenvalue weighted by Crippen LogP contribution is -2.12. The zero-order valence-electron chi connectivity index (χ0n) is 14.6. The molecule has 1 N–H and O–H groups in total. The number of nitrogens with zero attached hydrogens (tertiary/aromatic N) is 2. The van der Waals surface area contributed by atoms with Crippen molar-refractivity contribution in [3.8, 4) is 0 Å². The molecule has 0 amide bonds. The average Bonchev–Trinajstić information content (AvgIpc) is 3.19. The van der Waals surface area contributed by atoms with Crippen molar-refractivity contribution in [3.05, 3.63) is 78.3 Å². The van der Waals surface area contributed by atoms with Crippen LogP contribution in [0, 0.1) is 6.92 Å². The van der Waals surface area contributed by atoms with Gasteiger partial charge < -0.3 is 9.73 Å². The highest BCUT2D eigenvalue weighted by molar-refractivity contribution is 7.91. The van der Waals surface area contributed by atoms with Crippen LogP contribution in [0.5, 0.6) is 0 Å². The Balaban J connectivity index is 1.83. The van der Waals surface area contributed by atoms with E-state index >= 15 is 0 Å². The van der Waals surface area contributed by atoms with Crippen LogP contribution in [-0.2, 0) is 16.4 Å². The summed E-state index contributed by atoms with van der Waals surface area (Å²) in [7, 11) is -3.84. The van der Waals surface area contributed by atoms with E-state index in [0.29, 0.717) is 23.3 Å². The molecule has 2 aromatic heterocycles. The van der Waals surface area contributed by atoms with Crippen molar-refractivity contribution in [2.75, 3.05) is 5.32 Å². The molecule has 0 atom stereocenters. The number of furan rings is 1. The molecule has 2 aromatic carbocycles. The van der Waals surface area contributed by atoms with E-state index < -0.39 is 9.84 Å². The zero-order chi connectivity index (χ0) is 18.9. The molecule has 0 radical (unpaired) electrons. The molecule has 136 valence electrons. The van der Waals surface area contributed by atoms with Gasteiger partial charge in [0.1, 0.15) is 5.76 Å². The van der Waals surface area contributed by atoms with E-state index in [-0.39, 0.29) is 15.7 Å². The summed E-state index contributed by atoms with van der Waals surface area (Å²) >= 11 is 0. The number of benzene rings is 2. The summed E-state index contributed by atoms with van der Waals surface area (Å²) in [5.41, 5.74) is 2.11. The van der Waals surface area contributed by atoms with E-state index in [0.717, 1.165) is 5.56 Å². The van der Waals surface area contributed by atoms with Crippen molar-refractivity contribution in [1.82, 2.24) is 9.97 Å². The van der Waals surface area contributed by atoms with Crippen LogP contribution in [0.2, 0.25) is 0 Å². The lowest BCUT2D eigenvalue weighted by Gasteiger charge is -2.12. The number of rotatable bonds is 5. The van der Waals surface area contributed by atoms with Crippen LogP contribution in [0.15, 0.2) is 81.3 Å². The number of aryl methyl sites for hydroxylation is 1. The summed E-state index contributed by atoms with van der Waals surface area (Å²) in [6.07, 6.45) is 1.56. The Labute approximate surface area is 156 Å². The fraction of sp³-hybridized carbons (Fsp3) is 0.100. The molecule has 0 aliphatic rings. The molecule has 0 spiro atoms. The molecule has 0 fully saturated rings. The molecule has 4 aromatic rings. The summed E-state index contributed by atoms with van der Waals surface area (Å²) in [6.45, 7) is 2.21. The first-order valence-corrected chi connectivity index (χ1v) is 9.87. The van der Waals surface area contributed by atoms with Gasteiger partial charge in [-0.3, -0.25) is 0 Å². The van der Waals surface area contributed by atoms with Crippen molar-refractivity contribution >= 4 is 26.7 Å². The summed E-state index contributed by atoms with van der Waals surface area (Å²) in [5.74, 6) is 0.870. The minimum atomic E-state index is -3.84. The number of sulfone groups is 1. The van der Waals surface area contributed by atoms with E-state index in [9.17, 15) is 8.42 Å². The molecule has 0 bridgehead atoms. The van der Waals surface area contributed by atoms with Gasteiger partial charge in [-0.15, -0.1) is 0 Å². The monoisotopic (exact) mass is 379 g/mol. The number of nitrogens with one attached hydrogen (secondary N) is 1. The molecule has 0 saturated carbocycles. The summed E-state index contributed by atoms with van der Waals surface area (Å²) in [4.78, 5) is 9.07. The predicted molar refractivity (Wildman–Crippen MR) is 102 cm³/mol. The maximum absolute atomic E-state index is 13.2. The Kier molecular flexibility index (Phi) is 4.37. The number of para-hydroxylation sites is 2. The van der Waals surface area contributed by atoms with E-state index in [1.165, 1.54) is 0 Å². The molecular weight excluding hydrogens is 362 g/mol. The van der Waals surface area contributed by atoms with Crippen LogP contribution in [0.25, 0.3) is 11.0 Å². The average molecular weight is 379 g/mol. The highest BCUT2D eigenvalue weighted by Gasteiger charge is 2.25. The van der Waals surface area contributed by atoms with Crippen LogP contribution >= 0.6 is 0 Å². The van der Waals surface area contributed by atoms with Crippen LogP contribution < -0.4 is 5.32 Å². The third-order valence-corrected chi connectivity index (χ3v) is 5.82. The van der Waals surface area contributed by atoms with Crippen LogP contribution in [0.3, 0.4) is 0 Å². The number of fused-ring (bicyclic) bond motifs is 1. The van der Waals surface area contributed by atoms with Crippen molar-refractivity contribution in [2.24, 2.45) is 0 Å². The smallest absolute Gasteiger partial charge is 0.227 e. The van der Waals surface area contributed by atoms with Gasteiger partial charge >= 0.3 is 0 Å². The van der Waals surface area contributed by atoms with E-state index in [1.54, 1.807) is 60.9 Å². The van der Waals surface area contributed by atoms with Gasteiger partial charge in [0.15, 0.2) is 5.82 Å².